The van der Waals surface area contributed by atoms with Crippen molar-refractivity contribution in [3.8, 4) is 21.7 Å². The van der Waals surface area contributed by atoms with E-state index in [1.54, 1.807) is 23.5 Å². The van der Waals surface area contributed by atoms with Gasteiger partial charge < -0.3 is 10.3 Å². The number of nitrogens with zero attached hydrogens (tertiary/aromatic N) is 1. The molecule has 0 bridgehead atoms. The Morgan fingerprint density at radius 2 is 2.00 bits per heavy atom. The van der Waals surface area contributed by atoms with E-state index in [-0.39, 0.29) is 11.7 Å². The molecule has 0 unspecified atom stereocenters. The highest BCUT2D eigenvalue weighted by Gasteiger charge is 2.22. The van der Waals surface area contributed by atoms with Crippen LogP contribution in [-0.2, 0) is 12.8 Å². The molecule has 0 spiro atoms. The van der Waals surface area contributed by atoms with Crippen LogP contribution < -0.4 is 5.73 Å². The number of hydrogen-bond donors (Lipinski definition) is 1. The first-order valence-electron chi connectivity index (χ1n) is 6.85. The molecule has 0 atom stereocenters. The summed E-state index contributed by atoms with van der Waals surface area (Å²) in [4.78, 5) is 2.50. The molecule has 0 fully saturated rings. The molecule has 4 rings (SSSR count). The number of fused-ring (bicyclic) bond motifs is 1. The van der Waals surface area contributed by atoms with E-state index in [1.807, 2.05) is 0 Å². The maximum absolute atomic E-state index is 13.1. The van der Waals surface area contributed by atoms with Crippen LogP contribution in [0, 0.1) is 5.82 Å². The van der Waals surface area contributed by atoms with E-state index in [2.05, 4.69) is 11.2 Å². The molecule has 2 N–H and O–H groups in total. The summed E-state index contributed by atoms with van der Waals surface area (Å²) < 4.78 is 18.3. The maximum atomic E-state index is 13.1. The molecule has 106 valence electrons. The van der Waals surface area contributed by atoms with Crippen molar-refractivity contribution in [1.29, 1.82) is 0 Å². The second kappa shape index (κ2) is 4.70. The number of hydrogen-bond acceptors (Lipinski definition) is 4. The molecule has 1 aliphatic rings. The lowest BCUT2D eigenvalue weighted by Gasteiger charge is -2.01. The van der Waals surface area contributed by atoms with Gasteiger partial charge in [-0.2, -0.15) is 0 Å². The number of aromatic nitrogens is 1. The molecule has 0 saturated heterocycles. The minimum absolute atomic E-state index is 0.269. The summed E-state index contributed by atoms with van der Waals surface area (Å²) >= 11 is 1.75. The van der Waals surface area contributed by atoms with E-state index in [4.69, 9.17) is 10.3 Å². The standard InChI is InChI=1S/C16H13FN2OS/c17-11-6-4-9(5-7-11)14-15(19-20-16(14)18)13-8-10-2-1-3-12(10)21-13/h4-8H,1-3,18H2. The minimum Gasteiger partial charge on any atom is -0.367 e. The summed E-state index contributed by atoms with van der Waals surface area (Å²) in [6.45, 7) is 0. The summed E-state index contributed by atoms with van der Waals surface area (Å²) in [6.07, 6.45) is 3.50. The summed E-state index contributed by atoms with van der Waals surface area (Å²) in [5, 5.41) is 4.11. The van der Waals surface area contributed by atoms with Gasteiger partial charge in [0.25, 0.3) is 0 Å². The topological polar surface area (TPSA) is 52.0 Å². The fourth-order valence-electron chi connectivity index (χ4n) is 2.81. The first-order valence-corrected chi connectivity index (χ1v) is 7.67. The Hall–Kier alpha value is -2.14. The van der Waals surface area contributed by atoms with Gasteiger partial charge in [-0.3, -0.25) is 0 Å². The number of nitrogens with two attached hydrogens (primary N) is 1. The molecule has 21 heavy (non-hydrogen) atoms. The van der Waals surface area contributed by atoms with Crippen LogP contribution in [0.15, 0.2) is 34.9 Å². The van der Waals surface area contributed by atoms with Gasteiger partial charge in [0.05, 0.1) is 10.4 Å². The average molecular weight is 300 g/mol. The molecule has 1 aliphatic carbocycles. The van der Waals surface area contributed by atoms with Gasteiger partial charge in [0, 0.05) is 4.88 Å². The largest absolute Gasteiger partial charge is 0.367 e. The third-order valence-corrected chi connectivity index (χ3v) is 5.08. The maximum Gasteiger partial charge on any atom is 0.230 e. The highest BCUT2D eigenvalue weighted by Crippen LogP contribution is 2.42. The third-order valence-electron chi connectivity index (χ3n) is 3.83. The fraction of sp³-hybridized carbons (Fsp3) is 0.188. The predicted octanol–water partition coefficient (Wildman–Crippen LogP) is 4.28. The van der Waals surface area contributed by atoms with Crippen LogP contribution in [0.2, 0.25) is 0 Å². The van der Waals surface area contributed by atoms with Crippen LogP contribution in [0.1, 0.15) is 16.9 Å². The van der Waals surface area contributed by atoms with Crippen molar-refractivity contribution in [2.45, 2.75) is 19.3 Å². The van der Waals surface area contributed by atoms with E-state index in [0.29, 0.717) is 0 Å². The Kier molecular flexibility index (Phi) is 2.82. The molecule has 0 amide bonds. The lowest BCUT2D eigenvalue weighted by molar-refractivity contribution is 0.439. The summed E-state index contributed by atoms with van der Waals surface area (Å²) in [7, 11) is 0. The fourth-order valence-corrected chi connectivity index (χ4v) is 4.05. The molecule has 0 saturated carbocycles. The molecular formula is C16H13FN2OS. The zero-order valence-electron chi connectivity index (χ0n) is 11.2. The Bertz CT molecular complexity index is 783. The van der Waals surface area contributed by atoms with Crippen molar-refractivity contribution < 1.29 is 8.91 Å². The van der Waals surface area contributed by atoms with Gasteiger partial charge in [0.1, 0.15) is 11.5 Å². The van der Waals surface area contributed by atoms with Gasteiger partial charge in [0.15, 0.2) is 0 Å². The number of benzene rings is 1. The first-order chi connectivity index (χ1) is 10.2. The lowest BCUT2D eigenvalue weighted by Crippen LogP contribution is -1.87. The van der Waals surface area contributed by atoms with Crippen LogP contribution in [0.3, 0.4) is 0 Å². The second-order valence-corrected chi connectivity index (χ2v) is 6.33. The number of anilines is 1. The van der Waals surface area contributed by atoms with Gasteiger partial charge in [0.2, 0.25) is 5.88 Å². The van der Waals surface area contributed by atoms with Crippen molar-refractivity contribution in [3.63, 3.8) is 0 Å². The van der Waals surface area contributed by atoms with Crippen molar-refractivity contribution in [2.75, 3.05) is 5.73 Å². The number of nitrogen functional groups attached to an aromatic ring is 1. The van der Waals surface area contributed by atoms with Crippen LogP contribution in [-0.4, -0.2) is 5.16 Å². The first kappa shape index (κ1) is 12.6. The molecule has 5 heteroatoms. The second-order valence-electron chi connectivity index (χ2n) is 5.19. The summed E-state index contributed by atoms with van der Waals surface area (Å²) in [6, 6.07) is 8.41. The summed E-state index contributed by atoms with van der Waals surface area (Å²) in [5.74, 6) is -0.00408. The zero-order chi connectivity index (χ0) is 14.4. The Morgan fingerprint density at radius 1 is 1.19 bits per heavy atom. The van der Waals surface area contributed by atoms with E-state index in [1.165, 1.54) is 29.0 Å². The highest BCUT2D eigenvalue weighted by atomic mass is 32.1. The highest BCUT2D eigenvalue weighted by molar-refractivity contribution is 7.15. The molecule has 1 aromatic carbocycles. The smallest absolute Gasteiger partial charge is 0.230 e. The average Bonchev–Trinajstić information content (AvgIpc) is 3.13. The Labute approximate surface area is 125 Å². The van der Waals surface area contributed by atoms with Gasteiger partial charge in [-0.15, -0.1) is 11.3 Å². The van der Waals surface area contributed by atoms with Gasteiger partial charge in [-0.1, -0.05) is 17.3 Å². The van der Waals surface area contributed by atoms with Crippen molar-refractivity contribution in [2.24, 2.45) is 0 Å². The Morgan fingerprint density at radius 3 is 2.76 bits per heavy atom. The monoisotopic (exact) mass is 300 g/mol. The third kappa shape index (κ3) is 2.05. The van der Waals surface area contributed by atoms with Crippen LogP contribution >= 0.6 is 11.3 Å². The van der Waals surface area contributed by atoms with E-state index >= 15 is 0 Å². The SMILES string of the molecule is Nc1onc(-c2cc3c(s2)CCC3)c1-c1ccc(F)cc1. The number of thiophene rings is 1. The van der Waals surface area contributed by atoms with Gasteiger partial charge in [-0.05, 0) is 48.6 Å². The minimum atomic E-state index is -0.273. The quantitative estimate of drug-likeness (QED) is 0.768. The molecule has 0 aliphatic heterocycles. The van der Waals surface area contributed by atoms with E-state index in [0.717, 1.165) is 34.5 Å². The number of aryl methyl sites for hydroxylation is 2. The predicted molar refractivity (Wildman–Crippen MR) is 81.6 cm³/mol. The number of rotatable bonds is 2. The van der Waals surface area contributed by atoms with Crippen molar-refractivity contribution in [1.82, 2.24) is 5.16 Å². The normalized spacial score (nSPS) is 13.6. The Balaban J connectivity index is 1.84. The van der Waals surface area contributed by atoms with Crippen LogP contribution in [0.25, 0.3) is 21.7 Å². The van der Waals surface area contributed by atoms with E-state index < -0.39 is 0 Å². The van der Waals surface area contributed by atoms with Crippen molar-refractivity contribution >= 4 is 17.2 Å². The molecule has 2 aromatic heterocycles. The zero-order valence-corrected chi connectivity index (χ0v) is 12.0. The lowest BCUT2D eigenvalue weighted by atomic mass is 10.0. The van der Waals surface area contributed by atoms with Crippen LogP contribution in [0.5, 0.6) is 0 Å². The molecule has 0 radical (unpaired) electrons. The van der Waals surface area contributed by atoms with Gasteiger partial charge >= 0.3 is 0 Å². The molecule has 3 nitrogen and oxygen atoms in total. The summed E-state index contributed by atoms with van der Waals surface area (Å²) in [5.41, 5.74) is 9.64. The molecule has 3 aromatic rings. The molecular weight excluding hydrogens is 287 g/mol. The number of halogens is 1. The molecule has 2 heterocycles. The van der Waals surface area contributed by atoms with Crippen molar-refractivity contribution in [3.05, 3.63) is 46.6 Å². The van der Waals surface area contributed by atoms with E-state index in [9.17, 15) is 4.39 Å². The van der Waals surface area contributed by atoms with Gasteiger partial charge in [-0.25, -0.2) is 4.39 Å². The van der Waals surface area contributed by atoms with Crippen LogP contribution in [0.4, 0.5) is 10.3 Å².